The van der Waals surface area contributed by atoms with Gasteiger partial charge >= 0.3 is 0 Å². The molecule has 1 N–H and O–H groups in total. The predicted molar refractivity (Wildman–Crippen MR) is 79.7 cm³/mol. The lowest BCUT2D eigenvalue weighted by Crippen LogP contribution is -2.06. The van der Waals surface area contributed by atoms with Crippen molar-refractivity contribution in [2.45, 2.75) is 38.9 Å². The van der Waals surface area contributed by atoms with Crippen LogP contribution in [0.15, 0.2) is 48.8 Å². The normalized spacial score (nSPS) is 12.4. The second kappa shape index (κ2) is 7.06. The molecule has 0 fully saturated rings. The number of aromatic nitrogens is 1. The van der Waals surface area contributed by atoms with Crippen LogP contribution in [-0.2, 0) is 6.42 Å². The highest BCUT2D eigenvalue weighted by Crippen LogP contribution is 2.20. The minimum absolute atomic E-state index is 0.141. The average molecular weight is 271 g/mol. The predicted octanol–water partition coefficient (Wildman–Crippen LogP) is 3.54. The van der Waals surface area contributed by atoms with Crippen molar-refractivity contribution < 1.29 is 9.84 Å². The van der Waals surface area contributed by atoms with Crippen LogP contribution >= 0.6 is 0 Å². The van der Waals surface area contributed by atoms with Crippen LogP contribution in [0.4, 0.5) is 0 Å². The first-order valence-electron chi connectivity index (χ1n) is 6.98. The number of hydrogen-bond donors (Lipinski definition) is 1. The Morgan fingerprint density at radius 3 is 2.60 bits per heavy atom. The summed E-state index contributed by atoms with van der Waals surface area (Å²) < 4.78 is 5.62. The van der Waals surface area contributed by atoms with Gasteiger partial charge in [0.2, 0.25) is 0 Å². The number of benzene rings is 1. The molecular formula is C17H21NO2. The molecular weight excluding hydrogens is 250 g/mol. The van der Waals surface area contributed by atoms with Crippen LogP contribution in [-0.4, -0.2) is 16.2 Å². The standard InChI is InChI=1S/C17H21NO2/c1-13(2)20-16-10-14(11-18-12-16)8-9-17(19)15-6-4-3-5-7-15/h3-7,10-13,17,19H,8-9H2,1-2H3. The van der Waals surface area contributed by atoms with Gasteiger partial charge in [0.05, 0.1) is 18.4 Å². The lowest BCUT2D eigenvalue weighted by atomic mass is 10.0. The van der Waals surface area contributed by atoms with Crippen LogP contribution in [0.3, 0.4) is 0 Å². The molecule has 1 heterocycles. The summed E-state index contributed by atoms with van der Waals surface area (Å²) in [5.41, 5.74) is 2.04. The van der Waals surface area contributed by atoms with Crippen LogP contribution < -0.4 is 4.74 Å². The molecule has 0 aliphatic rings. The summed E-state index contributed by atoms with van der Waals surface area (Å²) in [6, 6.07) is 11.7. The highest BCUT2D eigenvalue weighted by atomic mass is 16.5. The number of aliphatic hydroxyl groups excluding tert-OH is 1. The molecule has 0 aliphatic carbocycles. The topological polar surface area (TPSA) is 42.4 Å². The molecule has 2 rings (SSSR count). The van der Waals surface area contributed by atoms with Gasteiger partial charge in [-0.3, -0.25) is 4.98 Å². The van der Waals surface area contributed by atoms with Gasteiger partial charge in [0, 0.05) is 6.20 Å². The average Bonchev–Trinajstić information content (AvgIpc) is 2.45. The number of aliphatic hydroxyl groups is 1. The fourth-order valence-corrected chi connectivity index (χ4v) is 2.08. The summed E-state index contributed by atoms with van der Waals surface area (Å²) in [5, 5.41) is 10.1. The molecule has 1 unspecified atom stereocenters. The quantitative estimate of drug-likeness (QED) is 0.874. The van der Waals surface area contributed by atoms with Gasteiger partial charge < -0.3 is 9.84 Å². The van der Waals surface area contributed by atoms with Crippen molar-refractivity contribution >= 4 is 0 Å². The highest BCUT2D eigenvalue weighted by Gasteiger charge is 2.08. The molecule has 1 aromatic heterocycles. The molecule has 1 atom stereocenters. The summed E-state index contributed by atoms with van der Waals surface area (Å²) in [7, 11) is 0. The molecule has 0 aliphatic heterocycles. The van der Waals surface area contributed by atoms with Gasteiger partial charge in [-0.25, -0.2) is 0 Å². The number of rotatable bonds is 6. The molecule has 3 nitrogen and oxygen atoms in total. The molecule has 0 saturated carbocycles. The van der Waals surface area contributed by atoms with E-state index >= 15 is 0 Å². The zero-order valence-corrected chi connectivity index (χ0v) is 12.0. The molecule has 1 aromatic carbocycles. The van der Waals surface area contributed by atoms with Gasteiger partial charge in [0.15, 0.2) is 0 Å². The van der Waals surface area contributed by atoms with Crippen molar-refractivity contribution in [1.29, 1.82) is 0 Å². The van der Waals surface area contributed by atoms with E-state index in [1.807, 2.05) is 56.4 Å². The minimum Gasteiger partial charge on any atom is -0.489 e. The number of ether oxygens (including phenoxy) is 1. The fourth-order valence-electron chi connectivity index (χ4n) is 2.08. The number of hydrogen-bond acceptors (Lipinski definition) is 3. The Morgan fingerprint density at radius 2 is 1.90 bits per heavy atom. The smallest absolute Gasteiger partial charge is 0.138 e. The Hall–Kier alpha value is -1.87. The second-order valence-electron chi connectivity index (χ2n) is 5.16. The van der Waals surface area contributed by atoms with E-state index in [2.05, 4.69) is 4.98 Å². The number of pyridine rings is 1. The summed E-state index contributed by atoms with van der Waals surface area (Å²) in [6.45, 7) is 3.98. The van der Waals surface area contributed by atoms with Gasteiger partial charge in [0.25, 0.3) is 0 Å². The van der Waals surface area contributed by atoms with Crippen molar-refractivity contribution in [3.05, 3.63) is 59.9 Å². The first kappa shape index (κ1) is 14.5. The molecule has 0 amide bonds. The molecule has 3 heteroatoms. The van der Waals surface area contributed by atoms with E-state index < -0.39 is 6.10 Å². The van der Waals surface area contributed by atoms with Gasteiger partial charge in [-0.05, 0) is 43.9 Å². The SMILES string of the molecule is CC(C)Oc1cncc(CCC(O)c2ccccc2)c1. The van der Waals surface area contributed by atoms with E-state index in [0.717, 1.165) is 23.3 Å². The molecule has 2 aromatic rings. The van der Waals surface area contributed by atoms with Crippen molar-refractivity contribution in [2.75, 3.05) is 0 Å². The maximum Gasteiger partial charge on any atom is 0.138 e. The first-order chi connectivity index (χ1) is 9.65. The van der Waals surface area contributed by atoms with E-state index in [-0.39, 0.29) is 6.10 Å². The van der Waals surface area contributed by atoms with E-state index in [1.165, 1.54) is 0 Å². The van der Waals surface area contributed by atoms with Crippen molar-refractivity contribution in [3.8, 4) is 5.75 Å². The zero-order valence-electron chi connectivity index (χ0n) is 12.0. The molecule has 106 valence electrons. The summed E-state index contributed by atoms with van der Waals surface area (Å²) in [4.78, 5) is 4.18. The summed E-state index contributed by atoms with van der Waals surface area (Å²) in [6.07, 6.45) is 4.70. The molecule has 0 radical (unpaired) electrons. The lowest BCUT2D eigenvalue weighted by Gasteiger charge is -2.12. The number of aryl methyl sites for hydroxylation is 1. The third kappa shape index (κ3) is 4.35. The highest BCUT2D eigenvalue weighted by molar-refractivity contribution is 5.24. The van der Waals surface area contributed by atoms with Gasteiger partial charge in [0.1, 0.15) is 5.75 Å². The Bertz CT molecular complexity index is 526. The van der Waals surface area contributed by atoms with Crippen LogP contribution in [0, 0.1) is 0 Å². The lowest BCUT2D eigenvalue weighted by molar-refractivity contribution is 0.167. The third-order valence-electron chi connectivity index (χ3n) is 3.03. The molecule has 20 heavy (non-hydrogen) atoms. The van der Waals surface area contributed by atoms with Gasteiger partial charge in [-0.2, -0.15) is 0 Å². The maximum atomic E-state index is 10.1. The van der Waals surface area contributed by atoms with E-state index in [1.54, 1.807) is 6.20 Å². The first-order valence-corrected chi connectivity index (χ1v) is 6.98. The third-order valence-corrected chi connectivity index (χ3v) is 3.03. The van der Waals surface area contributed by atoms with Crippen LogP contribution in [0.2, 0.25) is 0 Å². The van der Waals surface area contributed by atoms with Crippen molar-refractivity contribution in [3.63, 3.8) is 0 Å². The van der Waals surface area contributed by atoms with Crippen molar-refractivity contribution in [2.24, 2.45) is 0 Å². The second-order valence-corrected chi connectivity index (χ2v) is 5.16. The van der Waals surface area contributed by atoms with E-state index in [4.69, 9.17) is 4.74 Å². The Morgan fingerprint density at radius 1 is 1.15 bits per heavy atom. The largest absolute Gasteiger partial charge is 0.489 e. The van der Waals surface area contributed by atoms with Gasteiger partial charge in [-0.1, -0.05) is 30.3 Å². The van der Waals surface area contributed by atoms with E-state index in [0.29, 0.717) is 6.42 Å². The van der Waals surface area contributed by atoms with Crippen LogP contribution in [0.5, 0.6) is 5.75 Å². The zero-order chi connectivity index (χ0) is 14.4. The number of nitrogens with zero attached hydrogens (tertiary/aromatic N) is 1. The maximum absolute atomic E-state index is 10.1. The van der Waals surface area contributed by atoms with Gasteiger partial charge in [-0.15, -0.1) is 0 Å². The Balaban J connectivity index is 1.94. The summed E-state index contributed by atoms with van der Waals surface area (Å²) >= 11 is 0. The Labute approximate surface area is 120 Å². The molecule has 0 saturated heterocycles. The molecule has 0 bridgehead atoms. The fraction of sp³-hybridized carbons (Fsp3) is 0.353. The monoisotopic (exact) mass is 271 g/mol. The molecule has 0 spiro atoms. The van der Waals surface area contributed by atoms with Crippen LogP contribution in [0.1, 0.15) is 37.5 Å². The van der Waals surface area contributed by atoms with E-state index in [9.17, 15) is 5.11 Å². The Kier molecular flexibility index (Phi) is 5.13. The van der Waals surface area contributed by atoms with Crippen LogP contribution in [0.25, 0.3) is 0 Å². The minimum atomic E-state index is -0.439. The van der Waals surface area contributed by atoms with Crippen molar-refractivity contribution in [1.82, 2.24) is 4.98 Å². The summed E-state index contributed by atoms with van der Waals surface area (Å²) in [5.74, 6) is 0.784.